The zero-order chi connectivity index (χ0) is 19.9. The first-order chi connectivity index (χ1) is 12.3. The van der Waals surface area contributed by atoms with Crippen LogP contribution in [0.25, 0.3) is 5.73 Å². The minimum atomic E-state index is -1.06. The van der Waals surface area contributed by atoms with E-state index in [9.17, 15) is 9.59 Å². The summed E-state index contributed by atoms with van der Waals surface area (Å²) in [6.45, 7) is 0.833. The van der Waals surface area contributed by atoms with E-state index in [0.717, 1.165) is 12.8 Å². The predicted octanol–water partition coefficient (Wildman–Crippen LogP) is 2.05. The van der Waals surface area contributed by atoms with Crippen molar-refractivity contribution in [2.24, 2.45) is 5.73 Å². The topological polar surface area (TPSA) is 165 Å². The number of phenolic OH excluding ortho intramolecular Hbond substituents is 2. The van der Waals surface area contributed by atoms with Crippen LogP contribution in [-0.4, -0.2) is 45.5 Å². The zero-order valence-corrected chi connectivity index (χ0v) is 15.3. The van der Waals surface area contributed by atoms with E-state index >= 15 is 0 Å². The quantitative estimate of drug-likeness (QED) is 0.367. The smallest absolute Gasteiger partial charge is 0.676 e. The van der Waals surface area contributed by atoms with E-state index in [1.54, 1.807) is 24.3 Å². The summed E-state index contributed by atoms with van der Waals surface area (Å²) < 4.78 is 0. The first-order valence-corrected chi connectivity index (χ1v) is 7.37. The molecule has 147 valence electrons. The normalized spacial score (nSPS) is 8.52. The Labute approximate surface area is 167 Å². The van der Waals surface area contributed by atoms with Gasteiger partial charge in [0.1, 0.15) is 0 Å². The van der Waals surface area contributed by atoms with Gasteiger partial charge in [0, 0.05) is 11.5 Å². The van der Waals surface area contributed by atoms with Crippen molar-refractivity contribution in [1.29, 1.82) is 0 Å². The van der Waals surface area contributed by atoms with Crippen molar-refractivity contribution in [3.63, 3.8) is 0 Å². The Morgan fingerprint density at radius 2 is 1.15 bits per heavy atom. The third-order valence-corrected chi connectivity index (χ3v) is 2.58. The number of nitrogens with two attached hydrogens (primary N) is 1. The van der Waals surface area contributed by atoms with Gasteiger partial charge in [-0.15, -0.1) is 29.8 Å². The summed E-state index contributed by atoms with van der Waals surface area (Å²) in [4.78, 5) is 20.3. The number of hydrogen-bond acceptors (Lipinski definition) is 5. The maximum absolute atomic E-state index is 10.2. The number of aromatic hydroxyl groups is 2. The van der Waals surface area contributed by atoms with Crippen LogP contribution in [0.15, 0.2) is 48.5 Å². The minimum absolute atomic E-state index is 0. The molecule has 0 aliphatic heterocycles. The van der Waals surface area contributed by atoms with Gasteiger partial charge in [-0.2, -0.15) is 12.1 Å². The van der Waals surface area contributed by atoms with Gasteiger partial charge in [-0.25, -0.2) is 0 Å². The van der Waals surface area contributed by atoms with Crippen molar-refractivity contribution in [1.82, 2.24) is 0 Å². The number of aliphatic carboxylic acids is 2. The van der Waals surface area contributed by atoms with Crippen LogP contribution in [0.1, 0.15) is 11.1 Å². The number of hydrogen-bond donors (Lipinski definition) is 5. The Morgan fingerprint density at radius 3 is 1.37 bits per heavy atom. The van der Waals surface area contributed by atoms with E-state index in [2.05, 4.69) is 0 Å². The number of nitrogens with one attached hydrogen (secondary N) is 1. The van der Waals surface area contributed by atoms with Crippen molar-refractivity contribution in [3.05, 3.63) is 78.2 Å². The molecule has 8 nitrogen and oxygen atoms in total. The van der Waals surface area contributed by atoms with Gasteiger partial charge in [0.2, 0.25) is 0 Å². The van der Waals surface area contributed by atoms with E-state index in [0.29, 0.717) is 24.2 Å². The molecular formula is C18H21FeN2O6. The molecule has 2 aromatic carbocycles. The van der Waals surface area contributed by atoms with Gasteiger partial charge in [-0.05, 0) is 6.54 Å². The summed E-state index contributed by atoms with van der Waals surface area (Å²) in [5.41, 5.74) is 11.8. The number of carbonyl (C=O) groups is 2. The number of carboxylic acids is 2. The maximum atomic E-state index is 10.2. The van der Waals surface area contributed by atoms with Crippen LogP contribution in [0.3, 0.4) is 0 Å². The number of rotatable bonds is 5. The first kappa shape index (κ1) is 26.4. The average molecular weight is 417 g/mol. The van der Waals surface area contributed by atoms with Gasteiger partial charge in [-0.1, -0.05) is 37.1 Å². The van der Waals surface area contributed by atoms with Gasteiger partial charge >= 0.3 is 17.1 Å². The van der Waals surface area contributed by atoms with Gasteiger partial charge in [0.15, 0.2) is 0 Å². The molecule has 0 heterocycles. The molecule has 27 heavy (non-hydrogen) atoms. The molecule has 0 spiro atoms. The number of carboxylic acid groups (broad SMARTS) is 2. The Morgan fingerprint density at radius 1 is 0.852 bits per heavy atom. The summed E-state index contributed by atoms with van der Waals surface area (Å²) in [6, 6.07) is 12.5. The molecular weight excluding hydrogens is 396 g/mol. The van der Waals surface area contributed by atoms with Crippen LogP contribution in [0.2, 0.25) is 0 Å². The van der Waals surface area contributed by atoms with Gasteiger partial charge < -0.3 is 31.9 Å². The van der Waals surface area contributed by atoms with Crippen LogP contribution in [0.5, 0.6) is 11.5 Å². The van der Waals surface area contributed by atoms with Gasteiger partial charge in [-0.3, -0.25) is 9.59 Å². The van der Waals surface area contributed by atoms with Crippen molar-refractivity contribution in [3.8, 4) is 11.5 Å². The summed E-state index contributed by atoms with van der Waals surface area (Å²) in [6.07, 6.45) is 1.91. The predicted molar refractivity (Wildman–Crippen MR) is 96.5 cm³/mol. The van der Waals surface area contributed by atoms with E-state index in [1.807, 2.05) is 0 Å². The molecule has 0 amide bonds. The monoisotopic (exact) mass is 417 g/mol. The SMILES string of the molecule is O=C(O)[CH-]c1ccccc1O.O=C(O)[CH-]c1ccccc1O.[Fe+3].[NH-]CCN. The van der Waals surface area contributed by atoms with Crippen molar-refractivity contribution in [2.75, 3.05) is 13.1 Å². The van der Waals surface area contributed by atoms with Crippen LogP contribution in [0, 0.1) is 12.8 Å². The van der Waals surface area contributed by atoms with Crippen molar-refractivity contribution < 1.29 is 47.1 Å². The minimum Gasteiger partial charge on any atom is -0.676 e. The largest absolute Gasteiger partial charge is 3.00 e. The fourth-order valence-electron chi connectivity index (χ4n) is 1.49. The summed E-state index contributed by atoms with van der Waals surface area (Å²) in [5, 5.41) is 34.8. The van der Waals surface area contributed by atoms with E-state index < -0.39 is 11.9 Å². The van der Waals surface area contributed by atoms with Crippen LogP contribution < -0.4 is 5.73 Å². The fourth-order valence-corrected chi connectivity index (χ4v) is 1.49. The summed E-state index contributed by atoms with van der Waals surface area (Å²) >= 11 is 0. The van der Waals surface area contributed by atoms with Gasteiger partial charge in [0.05, 0.1) is 0 Å². The molecule has 1 radical (unpaired) electrons. The Hall–Kier alpha value is -2.84. The fraction of sp³-hybridized carbons (Fsp3) is 0.111. The second-order valence-corrected chi connectivity index (χ2v) is 4.62. The molecule has 0 fully saturated rings. The summed E-state index contributed by atoms with van der Waals surface area (Å²) in [7, 11) is 0. The van der Waals surface area contributed by atoms with Crippen molar-refractivity contribution >= 4 is 11.9 Å². The second kappa shape index (κ2) is 15.4. The third-order valence-electron chi connectivity index (χ3n) is 2.58. The summed E-state index contributed by atoms with van der Waals surface area (Å²) in [5.74, 6) is -2.16. The van der Waals surface area contributed by atoms with E-state index in [-0.39, 0.29) is 28.6 Å². The number of para-hydroxylation sites is 2. The number of phenols is 2. The van der Waals surface area contributed by atoms with Crippen LogP contribution in [-0.2, 0) is 26.7 Å². The molecule has 0 atom stereocenters. The number of benzene rings is 2. The first-order valence-electron chi connectivity index (χ1n) is 7.37. The molecule has 2 rings (SSSR count). The standard InChI is InChI=1S/2C8H7O3.C2H7N2.Fe/c2*9-7-4-2-1-3-6(7)5-8(10)11;3-1-2-4;/h2*1-5,9H,(H,10,11);3H,1-2,4H2;/q3*-1;+3. The van der Waals surface area contributed by atoms with Crippen LogP contribution in [0.4, 0.5) is 0 Å². The molecule has 0 aliphatic rings. The van der Waals surface area contributed by atoms with E-state index in [1.165, 1.54) is 24.3 Å². The molecule has 0 aromatic heterocycles. The van der Waals surface area contributed by atoms with Gasteiger partial charge in [0.25, 0.3) is 11.9 Å². The van der Waals surface area contributed by atoms with Crippen molar-refractivity contribution in [2.45, 2.75) is 0 Å². The molecule has 2 aromatic rings. The molecule has 0 aliphatic carbocycles. The molecule has 0 saturated carbocycles. The van der Waals surface area contributed by atoms with Crippen LogP contribution >= 0.6 is 0 Å². The Balaban J connectivity index is 0. The second-order valence-electron chi connectivity index (χ2n) is 4.62. The molecule has 7 N–H and O–H groups in total. The Kier molecular flexibility index (Phi) is 15.1. The Bertz CT molecular complexity index is 638. The third kappa shape index (κ3) is 13.1. The molecule has 0 unspecified atom stereocenters. The zero-order valence-electron chi connectivity index (χ0n) is 14.2. The maximum Gasteiger partial charge on any atom is 3.00 e. The average Bonchev–Trinajstić information content (AvgIpc) is 2.59. The molecule has 9 heteroatoms. The molecule has 0 bridgehead atoms. The van der Waals surface area contributed by atoms with E-state index in [4.69, 9.17) is 31.9 Å². The molecule has 0 saturated heterocycles.